The van der Waals surface area contributed by atoms with E-state index in [0.717, 1.165) is 13.1 Å². The first-order valence-corrected chi connectivity index (χ1v) is 8.80. The van der Waals surface area contributed by atoms with E-state index >= 15 is 0 Å². The minimum atomic E-state index is -0.153. The van der Waals surface area contributed by atoms with Crippen LogP contribution in [0.3, 0.4) is 0 Å². The number of hydrogen-bond acceptors (Lipinski definition) is 3. The Morgan fingerprint density at radius 3 is 2.67 bits per heavy atom. The van der Waals surface area contributed by atoms with E-state index in [-0.39, 0.29) is 5.56 Å². The summed E-state index contributed by atoms with van der Waals surface area (Å²) in [6.45, 7) is 4.65. The first-order valence-electron chi connectivity index (χ1n) is 8.04. The lowest BCUT2D eigenvalue weighted by molar-refractivity contribution is -0.928. The molecular weight excluding hydrogens is 349 g/mol. The van der Waals surface area contributed by atoms with Crippen LogP contribution in [-0.2, 0) is 6.67 Å². The lowest BCUT2D eigenvalue weighted by atomic mass is 10.1. The normalized spacial score (nSPS) is 16.1. The highest BCUT2D eigenvalue weighted by molar-refractivity contribution is 6.36. The molecule has 8 heteroatoms. The minimum Gasteiger partial charge on any atom is -0.316 e. The van der Waals surface area contributed by atoms with E-state index in [0.29, 0.717) is 33.8 Å². The molecule has 0 saturated carbocycles. The molecule has 0 radical (unpaired) electrons. The zero-order valence-corrected chi connectivity index (χ0v) is 15.0. The van der Waals surface area contributed by atoms with Crippen LogP contribution in [0.4, 0.5) is 11.4 Å². The monoisotopic (exact) mass is 368 g/mol. The first-order chi connectivity index (χ1) is 11.5. The van der Waals surface area contributed by atoms with Gasteiger partial charge in [0.2, 0.25) is 0 Å². The third kappa shape index (κ3) is 3.88. The predicted octanol–water partition coefficient (Wildman–Crippen LogP) is 3.23. The number of quaternary nitrogens is 1. The van der Waals surface area contributed by atoms with Crippen molar-refractivity contribution >= 4 is 34.6 Å². The Hall–Kier alpha value is -1.63. The molecule has 2 aromatic rings. The summed E-state index contributed by atoms with van der Waals surface area (Å²) in [6.07, 6.45) is 3.71. The summed E-state index contributed by atoms with van der Waals surface area (Å²) in [7, 11) is 0. The number of hydrogen-bond donors (Lipinski definition) is 2. The second kappa shape index (κ2) is 7.51. The van der Waals surface area contributed by atoms with Gasteiger partial charge in [0.25, 0.3) is 5.56 Å². The molecular formula is C16H20Cl2N5O+. The van der Waals surface area contributed by atoms with Crippen LogP contribution in [-0.4, -0.2) is 22.9 Å². The number of piperidine rings is 1. The van der Waals surface area contributed by atoms with Crippen molar-refractivity contribution < 1.29 is 4.90 Å². The van der Waals surface area contributed by atoms with Crippen LogP contribution in [0.5, 0.6) is 0 Å². The lowest BCUT2D eigenvalue weighted by Crippen LogP contribution is -3.12. The van der Waals surface area contributed by atoms with Crippen LogP contribution in [0.2, 0.25) is 10.0 Å². The van der Waals surface area contributed by atoms with Crippen molar-refractivity contribution in [3.63, 3.8) is 0 Å². The molecule has 0 aliphatic carbocycles. The Morgan fingerprint density at radius 1 is 1.21 bits per heavy atom. The van der Waals surface area contributed by atoms with Crippen molar-refractivity contribution in [2.75, 3.05) is 13.1 Å². The second-order valence-corrected chi connectivity index (χ2v) is 6.93. The van der Waals surface area contributed by atoms with Crippen LogP contribution in [0.25, 0.3) is 0 Å². The maximum absolute atomic E-state index is 12.5. The predicted molar refractivity (Wildman–Crippen MR) is 95.0 cm³/mol. The number of halogens is 2. The molecule has 3 rings (SSSR count). The Labute approximate surface area is 150 Å². The molecule has 0 unspecified atom stereocenters. The largest absolute Gasteiger partial charge is 0.316 e. The van der Waals surface area contributed by atoms with Gasteiger partial charge >= 0.3 is 0 Å². The average molecular weight is 369 g/mol. The van der Waals surface area contributed by atoms with E-state index in [1.54, 1.807) is 22.9 Å². The van der Waals surface area contributed by atoms with Crippen LogP contribution < -0.4 is 10.5 Å². The molecule has 1 aromatic carbocycles. The number of nitrogens with zero attached hydrogens (tertiary/aromatic N) is 3. The van der Waals surface area contributed by atoms with E-state index in [4.69, 9.17) is 23.2 Å². The summed E-state index contributed by atoms with van der Waals surface area (Å²) < 4.78 is 1.62. The summed E-state index contributed by atoms with van der Waals surface area (Å²) in [5.41, 5.74) is 1.34. The Kier molecular flexibility index (Phi) is 5.38. The number of H-pyrrole nitrogens is 1. The Morgan fingerprint density at radius 2 is 1.96 bits per heavy atom. The maximum atomic E-state index is 12.5. The zero-order chi connectivity index (χ0) is 17.1. The van der Waals surface area contributed by atoms with Gasteiger partial charge in [-0.2, -0.15) is 4.68 Å². The van der Waals surface area contributed by atoms with Crippen LogP contribution in [0, 0.1) is 6.92 Å². The Bertz CT molecular complexity index is 805. The fourth-order valence-corrected chi connectivity index (χ4v) is 3.37. The van der Waals surface area contributed by atoms with Crippen LogP contribution in [0.15, 0.2) is 33.2 Å². The second-order valence-electron chi connectivity index (χ2n) is 6.08. The number of aryl methyl sites for hydroxylation is 1. The van der Waals surface area contributed by atoms with Gasteiger partial charge in [0.15, 0.2) is 12.4 Å². The van der Waals surface area contributed by atoms with Gasteiger partial charge in [-0.1, -0.05) is 23.2 Å². The third-order valence-corrected chi connectivity index (χ3v) is 4.75. The molecule has 0 bridgehead atoms. The molecule has 1 aromatic heterocycles. The molecule has 1 aliphatic rings. The number of azo groups is 1. The quantitative estimate of drug-likeness (QED) is 0.799. The SMILES string of the molecule is Cc1[nH]n(C[NH+]2CCCCC2)c(=O)c1N=Nc1ccc(Cl)cc1Cl. The third-order valence-electron chi connectivity index (χ3n) is 4.22. The van der Waals surface area contributed by atoms with Crippen molar-refractivity contribution in [1.29, 1.82) is 0 Å². The lowest BCUT2D eigenvalue weighted by Gasteiger charge is -2.23. The standard InChI is InChI=1S/C16H19Cl2N5O/c1-11-15(20-19-14-6-5-12(17)9-13(14)18)16(24)23(21-11)10-22-7-3-2-4-8-22/h5-6,9,21H,2-4,7-8,10H2,1H3/p+1. The van der Waals surface area contributed by atoms with E-state index in [9.17, 15) is 4.79 Å². The molecule has 0 atom stereocenters. The minimum absolute atomic E-state index is 0.153. The fourth-order valence-electron chi connectivity index (χ4n) is 2.92. The van der Waals surface area contributed by atoms with Crippen molar-refractivity contribution in [3.05, 3.63) is 44.3 Å². The highest BCUT2D eigenvalue weighted by atomic mass is 35.5. The van der Waals surface area contributed by atoms with Gasteiger partial charge in [-0.3, -0.25) is 9.89 Å². The Balaban J connectivity index is 1.81. The summed E-state index contributed by atoms with van der Waals surface area (Å²) >= 11 is 11.9. The molecule has 2 heterocycles. The van der Waals surface area contributed by atoms with Gasteiger partial charge in [-0.25, -0.2) is 0 Å². The zero-order valence-electron chi connectivity index (χ0n) is 13.5. The molecule has 1 fully saturated rings. The van der Waals surface area contributed by atoms with Crippen LogP contribution >= 0.6 is 23.2 Å². The summed E-state index contributed by atoms with van der Waals surface area (Å²) in [6, 6.07) is 4.95. The highest BCUT2D eigenvalue weighted by Gasteiger charge is 2.18. The van der Waals surface area contributed by atoms with Crippen molar-refractivity contribution in [3.8, 4) is 0 Å². The molecule has 24 heavy (non-hydrogen) atoms. The maximum Gasteiger partial charge on any atom is 0.299 e. The molecule has 2 N–H and O–H groups in total. The smallest absolute Gasteiger partial charge is 0.299 e. The summed E-state index contributed by atoms with van der Waals surface area (Å²) in [5, 5.41) is 12.2. The van der Waals surface area contributed by atoms with Gasteiger partial charge in [0, 0.05) is 5.02 Å². The number of aromatic nitrogens is 2. The number of rotatable bonds is 4. The number of nitrogens with one attached hydrogen (secondary N) is 2. The van der Waals surface area contributed by atoms with Crippen molar-refractivity contribution in [1.82, 2.24) is 9.78 Å². The molecule has 0 spiro atoms. The van der Waals surface area contributed by atoms with Gasteiger partial charge < -0.3 is 4.90 Å². The van der Waals surface area contributed by atoms with Crippen molar-refractivity contribution in [2.45, 2.75) is 32.9 Å². The number of benzene rings is 1. The molecule has 128 valence electrons. The average Bonchev–Trinajstić information content (AvgIpc) is 2.82. The molecule has 1 aliphatic heterocycles. The number of likely N-dealkylation sites (tertiary alicyclic amines) is 1. The number of aromatic amines is 1. The summed E-state index contributed by atoms with van der Waals surface area (Å²) in [5.74, 6) is 0. The van der Waals surface area contributed by atoms with Gasteiger partial charge in [0.1, 0.15) is 5.69 Å². The van der Waals surface area contributed by atoms with E-state index in [1.807, 2.05) is 6.92 Å². The van der Waals surface area contributed by atoms with Gasteiger partial charge in [-0.15, -0.1) is 10.2 Å². The topological polar surface area (TPSA) is 67.0 Å². The van der Waals surface area contributed by atoms with Crippen LogP contribution in [0.1, 0.15) is 25.0 Å². The first kappa shape index (κ1) is 17.2. The van der Waals surface area contributed by atoms with Gasteiger partial charge in [-0.05, 0) is 44.4 Å². The molecule has 6 nitrogen and oxygen atoms in total. The highest BCUT2D eigenvalue weighted by Crippen LogP contribution is 2.29. The van der Waals surface area contributed by atoms with E-state index in [1.165, 1.54) is 24.2 Å². The summed E-state index contributed by atoms with van der Waals surface area (Å²) in [4.78, 5) is 13.9. The fraction of sp³-hybridized carbons (Fsp3) is 0.438. The molecule has 0 amide bonds. The van der Waals surface area contributed by atoms with Crippen molar-refractivity contribution in [2.24, 2.45) is 10.2 Å². The molecule has 1 saturated heterocycles. The van der Waals surface area contributed by atoms with Gasteiger partial charge in [0.05, 0.1) is 23.8 Å². The van der Waals surface area contributed by atoms with E-state index in [2.05, 4.69) is 15.3 Å². The van der Waals surface area contributed by atoms with E-state index < -0.39 is 0 Å².